The highest BCUT2D eigenvalue weighted by Crippen LogP contribution is 2.00. The van der Waals surface area contributed by atoms with Crippen molar-refractivity contribution in [2.45, 2.75) is 65.9 Å². The predicted octanol–water partition coefficient (Wildman–Crippen LogP) is 3.30. The van der Waals surface area contributed by atoms with Crippen LogP contribution >= 0.6 is 0 Å². The smallest absolute Gasteiger partial charge is 0.0762 e. The number of rotatable bonds is 13. The summed E-state index contributed by atoms with van der Waals surface area (Å²) in [5, 5.41) is 1.94. The molecule has 1 N–H and O–H groups in total. The second kappa shape index (κ2) is 13.3. The molecule has 0 aromatic heterocycles. The second-order valence-corrected chi connectivity index (χ2v) is 4.56. The Labute approximate surface area is 113 Å². The highest BCUT2D eigenvalue weighted by Gasteiger charge is 2.04. The lowest BCUT2D eigenvalue weighted by molar-refractivity contribution is -0.155. The molecule has 4 heteroatoms. The van der Waals surface area contributed by atoms with E-state index in [0.29, 0.717) is 0 Å². The van der Waals surface area contributed by atoms with Crippen LogP contribution in [0.5, 0.6) is 0 Å². The lowest BCUT2D eigenvalue weighted by Crippen LogP contribution is -2.30. The fourth-order valence-corrected chi connectivity index (χ4v) is 1.59. The van der Waals surface area contributed by atoms with Gasteiger partial charge in [-0.3, -0.25) is 9.68 Å². The zero-order valence-electron chi connectivity index (χ0n) is 12.6. The average molecular weight is 259 g/mol. The first kappa shape index (κ1) is 17.8. The summed E-state index contributed by atoms with van der Waals surface area (Å²) >= 11 is 0. The zero-order valence-corrected chi connectivity index (χ0v) is 12.6. The molecule has 1 unspecified atom stereocenters. The molecule has 0 amide bonds. The molecule has 4 nitrogen and oxygen atoms in total. The van der Waals surface area contributed by atoms with E-state index in [1.54, 1.807) is 0 Å². The van der Waals surface area contributed by atoms with E-state index in [4.69, 9.17) is 9.68 Å². The first-order valence-corrected chi connectivity index (χ1v) is 7.35. The van der Waals surface area contributed by atoms with Crippen LogP contribution in [0.4, 0.5) is 0 Å². The molecule has 0 spiro atoms. The Morgan fingerprint density at radius 1 is 1.17 bits per heavy atom. The molecule has 0 saturated carbocycles. The molecule has 0 saturated heterocycles. The van der Waals surface area contributed by atoms with Crippen LogP contribution in [0, 0.1) is 6.54 Å². The van der Waals surface area contributed by atoms with Crippen molar-refractivity contribution in [2.75, 3.05) is 19.7 Å². The Kier molecular flexibility index (Phi) is 13.2. The van der Waals surface area contributed by atoms with Crippen molar-refractivity contribution in [2.24, 2.45) is 0 Å². The maximum absolute atomic E-state index is 5.65. The third-order valence-electron chi connectivity index (χ3n) is 2.72. The summed E-state index contributed by atoms with van der Waals surface area (Å²) in [6, 6.07) is 0. The molecule has 0 rings (SSSR count). The lowest BCUT2D eigenvalue weighted by Gasteiger charge is -2.20. The number of hydrogen-bond acceptors (Lipinski definition) is 4. The van der Waals surface area contributed by atoms with Gasteiger partial charge in [-0.25, -0.2) is 0 Å². The van der Waals surface area contributed by atoms with Gasteiger partial charge in [0.25, 0.3) is 0 Å². The Balaban J connectivity index is 3.43. The van der Waals surface area contributed by atoms with E-state index in [2.05, 4.69) is 33.2 Å². The standard InChI is InChI=1S/C14H31N2O2/c1-5-8-9-13-17-16(7-3)12-11-15-18-14(4)10-6-2/h11,14-15H,5-10,12-13H2,1-4H3. The van der Waals surface area contributed by atoms with Gasteiger partial charge < -0.3 is 0 Å². The molecule has 0 aromatic carbocycles. The van der Waals surface area contributed by atoms with Crippen LogP contribution in [-0.4, -0.2) is 30.9 Å². The van der Waals surface area contributed by atoms with Crippen molar-refractivity contribution in [3.8, 4) is 0 Å². The van der Waals surface area contributed by atoms with Gasteiger partial charge in [0.15, 0.2) is 0 Å². The van der Waals surface area contributed by atoms with Crippen molar-refractivity contribution >= 4 is 0 Å². The minimum absolute atomic E-state index is 0.256. The number of hydroxylamine groups is 3. The SMILES string of the molecule is CCCCCON(CC)C[CH]NOC(C)CCC. The molecule has 1 atom stereocenters. The minimum Gasteiger partial charge on any atom is -0.299 e. The van der Waals surface area contributed by atoms with E-state index in [0.717, 1.165) is 39.0 Å². The number of nitrogens with zero attached hydrogens (tertiary/aromatic N) is 1. The molecular weight excluding hydrogens is 228 g/mol. The molecule has 0 aliphatic carbocycles. The van der Waals surface area contributed by atoms with Crippen molar-refractivity contribution in [1.29, 1.82) is 0 Å². The normalized spacial score (nSPS) is 13.2. The largest absolute Gasteiger partial charge is 0.299 e. The van der Waals surface area contributed by atoms with Crippen LogP contribution in [0.2, 0.25) is 0 Å². The second-order valence-electron chi connectivity index (χ2n) is 4.56. The molecular formula is C14H31N2O2. The van der Waals surface area contributed by atoms with Gasteiger partial charge >= 0.3 is 0 Å². The van der Waals surface area contributed by atoms with Crippen LogP contribution in [0.3, 0.4) is 0 Å². The molecule has 0 bridgehead atoms. The molecule has 1 radical (unpaired) electrons. The third kappa shape index (κ3) is 11.0. The van der Waals surface area contributed by atoms with E-state index in [-0.39, 0.29) is 6.10 Å². The zero-order chi connectivity index (χ0) is 13.6. The van der Waals surface area contributed by atoms with Gasteiger partial charge in [0, 0.05) is 13.1 Å². The van der Waals surface area contributed by atoms with Crippen LogP contribution in [-0.2, 0) is 9.68 Å². The number of unbranched alkanes of at least 4 members (excludes halogenated alkanes) is 2. The van der Waals surface area contributed by atoms with E-state index >= 15 is 0 Å². The van der Waals surface area contributed by atoms with E-state index in [1.807, 2.05) is 11.6 Å². The summed E-state index contributed by atoms with van der Waals surface area (Å²) in [6.45, 7) is 12.8. The van der Waals surface area contributed by atoms with E-state index < -0.39 is 0 Å². The van der Waals surface area contributed by atoms with Crippen molar-refractivity contribution in [1.82, 2.24) is 10.5 Å². The predicted molar refractivity (Wildman–Crippen MR) is 75.6 cm³/mol. The number of hydrogen-bond donors (Lipinski definition) is 1. The fraction of sp³-hybridized carbons (Fsp3) is 0.929. The monoisotopic (exact) mass is 259 g/mol. The molecule has 0 aliphatic rings. The van der Waals surface area contributed by atoms with Crippen LogP contribution in [0.15, 0.2) is 0 Å². The highest BCUT2D eigenvalue weighted by molar-refractivity contribution is 4.59. The van der Waals surface area contributed by atoms with E-state index in [9.17, 15) is 0 Å². The van der Waals surface area contributed by atoms with Crippen LogP contribution < -0.4 is 5.48 Å². The summed E-state index contributed by atoms with van der Waals surface area (Å²) in [4.78, 5) is 11.1. The summed E-state index contributed by atoms with van der Waals surface area (Å²) in [6.07, 6.45) is 6.07. The van der Waals surface area contributed by atoms with Gasteiger partial charge in [-0.1, -0.05) is 40.0 Å². The Hall–Kier alpha value is -0.160. The van der Waals surface area contributed by atoms with Crippen molar-refractivity contribution in [3.05, 3.63) is 6.54 Å². The summed E-state index contributed by atoms with van der Waals surface area (Å²) in [7, 11) is 0. The number of likely N-dealkylation sites (N-methyl/N-ethyl adjacent to an activating group) is 1. The van der Waals surface area contributed by atoms with E-state index in [1.165, 1.54) is 12.8 Å². The summed E-state index contributed by atoms with van der Waals surface area (Å²) in [5.74, 6) is 0. The quantitative estimate of drug-likeness (QED) is 0.406. The molecule has 18 heavy (non-hydrogen) atoms. The van der Waals surface area contributed by atoms with Crippen LogP contribution in [0.25, 0.3) is 0 Å². The summed E-state index contributed by atoms with van der Waals surface area (Å²) in [5.41, 5.74) is 2.89. The fourth-order valence-electron chi connectivity index (χ4n) is 1.59. The molecule has 0 heterocycles. The third-order valence-corrected chi connectivity index (χ3v) is 2.72. The highest BCUT2D eigenvalue weighted by atomic mass is 16.7. The first-order chi connectivity index (χ1) is 8.74. The Morgan fingerprint density at radius 2 is 1.94 bits per heavy atom. The van der Waals surface area contributed by atoms with Gasteiger partial charge in [0.2, 0.25) is 0 Å². The van der Waals surface area contributed by atoms with Crippen molar-refractivity contribution < 1.29 is 9.68 Å². The topological polar surface area (TPSA) is 33.7 Å². The van der Waals surface area contributed by atoms with Gasteiger partial charge in [-0.2, -0.15) is 10.5 Å². The maximum Gasteiger partial charge on any atom is 0.0762 e. The minimum atomic E-state index is 0.256. The number of nitrogens with one attached hydrogen (secondary N) is 1. The summed E-state index contributed by atoms with van der Waals surface area (Å²) < 4.78 is 0. The van der Waals surface area contributed by atoms with Crippen LogP contribution in [0.1, 0.15) is 59.8 Å². The molecule has 0 aromatic rings. The van der Waals surface area contributed by atoms with Crippen molar-refractivity contribution in [3.63, 3.8) is 0 Å². The maximum atomic E-state index is 5.65. The Bertz CT molecular complexity index is 168. The molecule has 109 valence electrons. The van der Waals surface area contributed by atoms with Gasteiger partial charge in [-0.15, -0.1) is 0 Å². The van der Waals surface area contributed by atoms with Gasteiger partial charge in [0.05, 0.1) is 19.3 Å². The van der Waals surface area contributed by atoms with Gasteiger partial charge in [-0.05, 0) is 19.8 Å². The first-order valence-electron chi connectivity index (χ1n) is 7.35. The van der Waals surface area contributed by atoms with Gasteiger partial charge in [0.1, 0.15) is 0 Å². The average Bonchev–Trinajstić information content (AvgIpc) is 2.37. The molecule has 0 aliphatic heterocycles. The lowest BCUT2D eigenvalue weighted by atomic mass is 10.2. The Morgan fingerprint density at radius 3 is 2.56 bits per heavy atom. The molecule has 0 fully saturated rings.